The van der Waals surface area contributed by atoms with E-state index in [1.165, 1.54) is 13.2 Å². The van der Waals surface area contributed by atoms with Crippen LogP contribution in [0.3, 0.4) is 0 Å². The summed E-state index contributed by atoms with van der Waals surface area (Å²) in [5.74, 6) is 0.485. The molecule has 0 aromatic heterocycles. The van der Waals surface area contributed by atoms with Crippen LogP contribution in [0, 0.1) is 11.3 Å². The molecule has 0 saturated carbocycles. The lowest BCUT2D eigenvalue weighted by Crippen LogP contribution is -2.14. The molecule has 0 radical (unpaired) electrons. The molecule has 7 heteroatoms. The molecular weight excluding hydrogens is 459 g/mol. The number of aryl methyl sites for hydroxylation is 1. The largest absolute Gasteiger partial charge is 0.493 e. The molecule has 0 atom stereocenters. The molecule has 33 heavy (non-hydrogen) atoms. The van der Waals surface area contributed by atoms with Crippen LogP contribution >= 0.6 is 23.2 Å². The maximum Gasteiger partial charge on any atom is 0.266 e. The lowest BCUT2D eigenvalue weighted by atomic mass is 10.1. The van der Waals surface area contributed by atoms with E-state index in [2.05, 4.69) is 5.32 Å². The Bertz CT molecular complexity index is 1230. The van der Waals surface area contributed by atoms with Crippen molar-refractivity contribution in [2.45, 2.75) is 20.0 Å². The fraction of sp³-hybridized carbons (Fsp3) is 0.154. The number of benzene rings is 3. The number of nitrogens with one attached hydrogen (secondary N) is 1. The molecule has 0 fully saturated rings. The molecule has 5 nitrogen and oxygen atoms in total. The van der Waals surface area contributed by atoms with Gasteiger partial charge in [-0.3, -0.25) is 4.79 Å². The number of rotatable bonds is 8. The summed E-state index contributed by atoms with van der Waals surface area (Å²) in [5, 5.41) is 13.4. The van der Waals surface area contributed by atoms with E-state index in [4.69, 9.17) is 32.7 Å². The number of carbonyl (C=O) groups excluding carboxylic acids is 1. The first kappa shape index (κ1) is 24.2. The highest BCUT2D eigenvalue weighted by molar-refractivity contribution is 6.35. The van der Waals surface area contributed by atoms with Crippen molar-refractivity contribution < 1.29 is 14.3 Å². The summed E-state index contributed by atoms with van der Waals surface area (Å²) in [7, 11) is 1.52. The van der Waals surface area contributed by atoms with E-state index in [1.807, 2.05) is 37.3 Å². The van der Waals surface area contributed by atoms with E-state index >= 15 is 0 Å². The summed E-state index contributed by atoms with van der Waals surface area (Å²) in [6.07, 6.45) is 2.27. The zero-order chi connectivity index (χ0) is 23.8. The summed E-state index contributed by atoms with van der Waals surface area (Å²) in [5.41, 5.74) is 3.06. The van der Waals surface area contributed by atoms with Gasteiger partial charge in [-0.05, 0) is 54.0 Å². The molecular formula is C26H22Cl2N2O3. The second kappa shape index (κ2) is 11.4. The minimum absolute atomic E-state index is 0.0235. The van der Waals surface area contributed by atoms with E-state index in [0.29, 0.717) is 32.8 Å². The molecule has 168 valence electrons. The molecule has 0 aliphatic heterocycles. The monoisotopic (exact) mass is 480 g/mol. The van der Waals surface area contributed by atoms with Gasteiger partial charge in [-0.15, -0.1) is 0 Å². The number of hydrogen-bond acceptors (Lipinski definition) is 4. The van der Waals surface area contributed by atoms with Crippen LogP contribution in [-0.2, 0) is 17.8 Å². The third-order valence-electron chi connectivity index (χ3n) is 4.91. The minimum atomic E-state index is -0.477. The van der Waals surface area contributed by atoms with Gasteiger partial charge in [0.05, 0.1) is 7.11 Å². The van der Waals surface area contributed by atoms with Crippen molar-refractivity contribution in [3.63, 3.8) is 0 Å². The van der Waals surface area contributed by atoms with Crippen LogP contribution in [0.1, 0.15) is 23.6 Å². The van der Waals surface area contributed by atoms with Gasteiger partial charge < -0.3 is 14.8 Å². The Morgan fingerprint density at radius 3 is 2.55 bits per heavy atom. The number of nitriles is 1. The first-order chi connectivity index (χ1) is 15.9. The van der Waals surface area contributed by atoms with Gasteiger partial charge >= 0.3 is 0 Å². The smallest absolute Gasteiger partial charge is 0.266 e. The summed E-state index contributed by atoms with van der Waals surface area (Å²) < 4.78 is 11.3. The molecule has 3 aromatic rings. The Labute approximate surface area is 203 Å². The number of carbonyl (C=O) groups is 1. The molecule has 3 aromatic carbocycles. The van der Waals surface area contributed by atoms with Crippen molar-refractivity contribution in [3.8, 4) is 17.6 Å². The third kappa shape index (κ3) is 6.29. The highest BCUT2D eigenvalue weighted by Gasteiger charge is 2.13. The Hall–Kier alpha value is -3.46. The quantitative estimate of drug-likeness (QED) is 0.288. The Kier molecular flexibility index (Phi) is 8.37. The van der Waals surface area contributed by atoms with Crippen LogP contribution < -0.4 is 14.8 Å². The molecule has 0 bridgehead atoms. The van der Waals surface area contributed by atoms with Crippen molar-refractivity contribution in [3.05, 3.63) is 93.0 Å². The second-order valence-corrected chi connectivity index (χ2v) is 7.91. The van der Waals surface area contributed by atoms with Gasteiger partial charge in [-0.1, -0.05) is 60.5 Å². The zero-order valence-corrected chi connectivity index (χ0v) is 19.7. The Morgan fingerprint density at radius 2 is 1.85 bits per heavy atom. The standard InChI is InChI=1S/C26H22Cl2N2O3/c1-3-18-6-4-5-7-23(18)30-26(31)20(15-29)12-17-8-11-24(25(13-17)32-2)33-16-19-9-10-21(27)14-22(19)28/h4-14H,3,16H2,1-2H3,(H,30,31)/b20-12+. The maximum absolute atomic E-state index is 12.7. The van der Waals surface area contributed by atoms with Gasteiger partial charge in [0, 0.05) is 21.3 Å². The molecule has 1 N–H and O–H groups in total. The second-order valence-electron chi connectivity index (χ2n) is 7.07. The summed E-state index contributed by atoms with van der Waals surface area (Å²) >= 11 is 12.1. The normalized spacial score (nSPS) is 10.9. The first-order valence-electron chi connectivity index (χ1n) is 10.2. The fourth-order valence-electron chi connectivity index (χ4n) is 3.14. The minimum Gasteiger partial charge on any atom is -0.493 e. The number of anilines is 1. The molecule has 0 aliphatic carbocycles. The van der Waals surface area contributed by atoms with Gasteiger partial charge in [0.15, 0.2) is 11.5 Å². The molecule has 3 rings (SSSR count). The van der Waals surface area contributed by atoms with Crippen molar-refractivity contribution in [1.29, 1.82) is 5.26 Å². The van der Waals surface area contributed by atoms with E-state index in [0.717, 1.165) is 17.5 Å². The third-order valence-corrected chi connectivity index (χ3v) is 5.50. The average Bonchev–Trinajstić information content (AvgIpc) is 2.82. The van der Waals surface area contributed by atoms with Crippen LogP contribution in [-0.4, -0.2) is 13.0 Å². The van der Waals surface area contributed by atoms with E-state index in [1.54, 1.807) is 36.4 Å². The summed E-state index contributed by atoms with van der Waals surface area (Å²) in [4.78, 5) is 12.7. The van der Waals surface area contributed by atoms with Crippen molar-refractivity contribution in [2.24, 2.45) is 0 Å². The van der Waals surface area contributed by atoms with Crippen LogP contribution in [0.5, 0.6) is 11.5 Å². The highest BCUT2D eigenvalue weighted by Crippen LogP contribution is 2.31. The number of methoxy groups -OCH3 is 1. The van der Waals surface area contributed by atoms with Crippen molar-refractivity contribution >= 4 is 40.9 Å². The number of halogens is 2. The maximum atomic E-state index is 12.7. The van der Waals surface area contributed by atoms with Gasteiger partial charge in [-0.2, -0.15) is 5.26 Å². The number of nitrogens with zero attached hydrogens (tertiary/aromatic N) is 1. The Morgan fingerprint density at radius 1 is 1.06 bits per heavy atom. The van der Waals surface area contributed by atoms with Gasteiger partial charge in [-0.25, -0.2) is 0 Å². The number of hydrogen-bond donors (Lipinski definition) is 1. The van der Waals surface area contributed by atoms with Crippen molar-refractivity contribution in [2.75, 3.05) is 12.4 Å². The zero-order valence-electron chi connectivity index (χ0n) is 18.2. The molecule has 0 spiro atoms. The number of amides is 1. The van der Waals surface area contributed by atoms with Crippen molar-refractivity contribution in [1.82, 2.24) is 0 Å². The lowest BCUT2D eigenvalue weighted by Gasteiger charge is -2.13. The predicted octanol–water partition coefficient (Wildman–Crippen LogP) is 6.69. The first-order valence-corrected chi connectivity index (χ1v) is 11.0. The van der Waals surface area contributed by atoms with Crippen LogP contribution in [0.4, 0.5) is 5.69 Å². The fourth-order valence-corrected chi connectivity index (χ4v) is 3.61. The molecule has 0 saturated heterocycles. The average molecular weight is 481 g/mol. The molecule has 1 amide bonds. The van der Waals surface area contributed by atoms with Gasteiger partial charge in [0.2, 0.25) is 0 Å². The summed E-state index contributed by atoms with van der Waals surface area (Å²) in [6.45, 7) is 2.23. The number of ether oxygens (including phenoxy) is 2. The van der Waals surface area contributed by atoms with Crippen LogP contribution in [0.25, 0.3) is 6.08 Å². The topological polar surface area (TPSA) is 71.4 Å². The van der Waals surface area contributed by atoms with E-state index in [9.17, 15) is 10.1 Å². The van der Waals surface area contributed by atoms with E-state index < -0.39 is 5.91 Å². The predicted molar refractivity (Wildman–Crippen MR) is 132 cm³/mol. The summed E-state index contributed by atoms with van der Waals surface area (Å²) in [6, 6.07) is 19.8. The van der Waals surface area contributed by atoms with Gasteiger partial charge in [0.1, 0.15) is 18.2 Å². The Balaban J connectivity index is 1.77. The SMILES string of the molecule is CCc1ccccc1NC(=O)/C(C#N)=C/c1ccc(OCc2ccc(Cl)cc2Cl)c(OC)c1. The highest BCUT2D eigenvalue weighted by atomic mass is 35.5. The van der Waals surface area contributed by atoms with Crippen LogP contribution in [0.2, 0.25) is 10.0 Å². The van der Waals surface area contributed by atoms with Crippen LogP contribution in [0.15, 0.2) is 66.2 Å². The van der Waals surface area contributed by atoms with Gasteiger partial charge in [0.25, 0.3) is 5.91 Å². The molecule has 0 heterocycles. The molecule has 0 aliphatic rings. The van der Waals surface area contributed by atoms with E-state index in [-0.39, 0.29) is 12.2 Å². The molecule has 0 unspecified atom stereocenters. The lowest BCUT2D eigenvalue weighted by molar-refractivity contribution is -0.112. The number of para-hydroxylation sites is 1.